The average molecular weight is 420 g/mol. The minimum atomic E-state index is -0.744. The van der Waals surface area contributed by atoms with Crippen molar-refractivity contribution >= 4 is 21.8 Å². The Balaban J connectivity index is 1.72. The van der Waals surface area contributed by atoms with Crippen LogP contribution in [0.3, 0.4) is 0 Å². The number of halogens is 2. The fraction of sp³-hybridized carbons (Fsp3) is 0.167. The number of carbonyl (C=O) groups excluding carboxylic acids is 1. The first kappa shape index (κ1) is 18.1. The van der Waals surface area contributed by atoms with E-state index in [1.165, 1.54) is 29.2 Å². The highest BCUT2D eigenvalue weighted by Gasteiger charge is 2.16. The Bertz CT molecular complexity index is 982. The predicted molar refractivity (Wildman–Crippen MR) is 96.8 cm³/mol. The number of benzene rings is 2. The van der Waals surface area contributed by atoms with Crippen molar-refractivity contribution in [1.82, 2.24) is 14.7 Å². The van der Waals surface area contributed by atoms with E-state index in [-0.39, 0.29) is 18.3 Å². The molecule has 0 saturated carbocycles. The molecule has 8 heteroatoms. The van der Waals surface area contributed by atoms with Crippen molar-refractivity contribution < 1.29 is 13.6 Å². The zero-order valence-corrected chi connectivity index (χ0v) is 15.4. The van der Waals surface area contributed by atoms with Gasteiger partial charge in [-0.25, -0.2) is 9.18 Å². The molecular formula is C18H15BrFN3O3. The van der Waals surface area contributed by atoms with Crippen LogP contribution in [0.15, 0.2) is 62.2 Å². The van der Waals surface area contributed by atoms with Crippen molar-refractivity contribution in [2.24, 2.45) is 0 Å². The van der Waals surface area contributed by atoms with Crippen molar-refractivity contribution in [1.29, 1.82) is 0 Å². The summed E-state index contributed by atoms with van der Waals surface area (Å²) in [5.41, 5.74) is 1.40. The summed E-state index contributed by atoms with van der Waals surface area (Å²) >= 11 is 3.44. The van der Waals surface area contributed by atoms with Crippen LogP contribution in [0.4, 0.5) is 4.39 Å². The summed E-state index contributed by atoms with van der Waals surface area (Å²) < 4.78 is 19.9. The fourth-order valence-corrected chi connectivity index (χ4v) is 2.74. The van der Waals surface area contributed by atoms with Crippen molar-refractivity contribution in [3.8, 4) is 11.5 Å². The molecule has 0 unspecified atom stereocenters. The van der Waals surface area contributed by atoms with Crippen LogP contribution in [-0.4, -0.2) is 27.6 Å². The minimum absolute atomic E-state index is 0.0382. The molecule has 0 bridgehead atoms. The second-order valence-electron chi connectivity index (χ2n) is 5.68. The lowest BCUT2D eigenvalue weighted by Gasteiger charge is -2.17. The van der Waals surface area contributed by atoms with E-state index >= 15 is 0 Å². The average Bonchev–Trinajstić information content (AvgIpc) is 2.98. The normalized spacial score (nSPS) is 10.7. The second kappa shape index (κ2) is 7.65. The van der Waals surface area contributed by atoms with Crippen LogP contribution in [0.2, 0.25) is 0 Å². The van der Waals surface area contributed by atoms with Gasteiger partial charge in [0, 0.05) is 23.6 Å². The molecule has 3 aromatic rings. The molecule has 0 fully saturated rings. The smallest absolute Gasteiger partial charge is 0.388 e. The SMILES string of the molecule is CN(Cc1ccccc1Br)C(=O)Cn1nc(-c2ccc(F)cc2)oc1=O. The molecule has 0 aliphatic rings. The lowest BCUT2D eigenvalue weighted by molar-refractivity contribution is -0.131. The number of rotatable bonds is 5. The molecule has 0 aliphatic carbocycles. The Morgan fingerprint density at radius 3 is 2.62 bits per heavy atom. The van der Waals surface area contributed by atoms with Gasteiger partial charge >= 0.3 is 5.76 Å². The molecule has 0 radical (unpaired) electrons. The lowest BCUT2D eigenvalue weighted by Crippen LogP contribution is -2.33. The Hall–Kier alpha value is -2.74. The zero-order chi connectivity index (χ0) is 18.7. The number of amides is 1. The molecule has 2 aromatic carbocycles. The van der Waals surface area contributed by atoms with Crippen molar-refractivity contribution in [3.63, 3.8) is 0 Å². The second-order valence-corrected chi connectivity index (χ2v) is 6.53. The number of likely N-dealkylation sites (N-methyl/N-ethyl adjacent to an activating group) is 1. The molecule has 6 nitrogen and oxygen atoms in total. The molecule has 0 aliphatic heterocycles. The number of nitrogens with zero attached hydrogens (tertiary/aromatic N) is 3. The van der Waals surface area contributed by atoms with Gasteiger partial charge in [-0.1, -0.05) is 34.1 Å². The first-order chi connectivity index (χ1) is 12.4. The molecule has 0 saturated heterocycles. The van der Waals surface area contributed by atoms with Crippen molar-refractivity contribution in [2.45, 2.75) is 13.1 Å². The largest absolute Gasteiger partial charge is 0.437 e. The minimum Gasteiger partial charge on any atom is -0.388 e. The maximum absolute atomic E-state index is 13.0. The highest BCUT2D eigenvalue weighted by atomic mass is 79.9. The molecule has 26 heavy (non-hydrogen) atoms. The van der Waals surface area contributed by atoms with E-state index in [0.717, 1.165) is 14.7 Å². The van der Waals surface area contributed by atoms with Gasteiger partial charge in [-0.05, 0) is 35.9 Å². The van der Waals surface area contributed by atoms with Crippen LogP contribution in [0.25, 0.3) is 11.5 Å². The number of aromatic nitrogens is 2. The van der Waals surface area contributed by atoms with Gasteiger partial charge in [-0.15, -0.1) is 5.10 Å². The predicted octanol–water partition coefficient (Wildman–Crippen LogP) is 3.06. The molecule has 0 spiro atoms. The van der Waals surface area contributed by atoms with Gasteiger partial charge < -0.3 is 9.32 Å². The Kier molecular flexibility index (Phi) is 5.32. The standard InChI is InChI=1S/C18H15BrFN3O3/c1-22(10-13-4-2-3-5-15(13)19)16(24)11-23-18(25)26-17(21-23)12-6-8-14(20)9-7-12/h2-9H,10-11H2,1H3. The zero-order valence-electron chi connectivity index (χ0n) is 13.9. The van der Waals surface area contributed by atoms with Crippen LogP contribution >= 0.6 is 15.9 Å². The first-order valence-corrected chi connectivity index (χ1v) is 8.54. The molecule has 134 valence electrons. The van der Waals surface area contributed by atoms with Crippen molar-refractivity contribution in [2.75, 3.05) is 7.05 Å². The molecule has 0 N–H and O–H groups in total. The third kappa shape index (κ3) is 4.08. The van der Waals surface area contributed by atoms with Gasteiger partial charge in [-0.2, -0.15) is 4.68 Å². The summed E-state index contributed by atoms with van der Waals surface area (Å²) in [4.78, 5) is 25.8. The maximum Gasteiger partial charge on any atom is 0.437 e. The summed E-state index contributed by atoms with van der Waals surface area (Å²) in [6, 6.07) is 13.0. The molecule has 1 aromatic heterocycles. The summed E-state index contributed by atoms with van der Waals surface area (Å²) in [7, 11) is 1.65. The monoisotopic (exact) mass is 419 g/mol. The molecule has 0 atom stereocenters. The van der Waals surface area contributed by atoms with Crippen LogP contribution in [0.1, 0.15) is 5.56 Å². The van der Waals surface area contributed by atoms with Gasteiger partial charge in [0.05, 0.1) is 0 Å². The third-order valence-corrected chi connectivity index (χ3v) is 4.55. The van der Waals surface area contributed by atoms with E-state index < -0.39 is 11.6 Å². The summed E-state index contributed by atoms with van der Waals surface area (Å²) in [5.74, 6) is -1.40. The highest BCUT2D eigenvalue weighted by Crippen LogP contribution is 2.18. The number of hydrogen-bond acceptors (Lipinski definition) is 4. The topological polar surface area (TPSA) is 68.3 Å². The summed E-state index contributed by atoms with van der Waals surface area (Å²) in [6.45, 7) is 0.141. The van der Waals surface area contributed by atoms with Crippen LogP contribution in [0, 0.1) is 5.82 Å². The van der Waals surface area contributed by atoms with E-state index in [9.17, 15) is 14.0 Å². The Morgan fingerprint density at radius 1 is 1.23 bits per heavy atom. The summed E-state index contributed by atoms with van der Waals surface area (Å²) in [5, 5.41) is 4.01. The van der Waals surface area contributed by atoms with Crippen LogP contribution in [-0.2, 0) is 17.9 Å². The third-order valence-electron chi connectivity index (χ3n) is 3.77. The highest BCUT2D eigenvalue weighted by molar-refractivity contribution is 9.10. The fourth-order valence-electron chi connectivity index (χ4n) is 2.33. The molecular weight excluding hydrogens is 405 g/mol. The number of carbonyl (C=O) groups is 1. The van der Waals surface area contributed by atoms with Gasteiger partial charge in [0.15, 0.2) is 0 Å². The van der Waals surface area contributed by atoms with E-state index in [1.807, 2.05) is 24.3 Å². The van der Waals surface area contributed by atoms with Crippen molar-refractivity contribution in [3.05, 3.63) is 74.9 Å². The lowest BCUT2D eigenvalue weighted by atomic mass is 10.2. The summed E-state index contributed by atoms with van der Waals surface area (Å²) in [6.07, 6.45) is 0. The molecule has 1 amide bonds. The molecule has 1 heterocycles. The van der Waals surface area contributed by atoms with E-state index in [0.29, 0.717) is 12.1 Å². The quantitative estimate of drug-likeness (QED) is 0.637. The van der Waals surface area contributed by atoms with Gasteiger partial charge in [0.2, 0.25) is 11.8 Å². The van der Waals surface area contributed by atoms with Gasteiger partial charge in [0.1, 0.15) is 12.4 Å². The van der Waals surface area contributed by atoms with Gasteiger partial charge in [0.25, 0.3) is 0 Å². The van der Waals surface area contributed by atoms with Crippen LogP contribution in [0.5, 0.6) is 0 Å². The number of hydrogen-bond donors (Lipinski definition) is 0. The van der Waals surface area contributed by atoms with E-state index in [4.69, 9.17) is 4.42 Å². The van der Waals surface area contributed by atoms with E-state index in [1.54, 1.807) is 7.05 Å². The Morgan fingerprint density at radius 2 is 1.92 bits per heavy atom. The van der Waals surface area contributed by atoms with E-state index in [2.05, 4.69) is 21.0 Å². The molecule has 3 rings (SSSR count). The maximum atomic E-state index is 13.0. The first-order valence-electron chi connectivity index (χ1n) is 7.75. The van der Waals surface area contributed by atoms with Crippen LogP contribution < -0.4 is 5.76 Å². The Labute approximate surface area is 157 Å². The van der Waals surface area contributed by atoms with Gasteiger partial charge in [-0.3, -0.25) is 4.79 Å².